The highest BCUT2D eigenvalue weighted by Crippen LogP contribution is 2.26. The second kappa shape index (κ2) is 7.21. The smallest absolute Gasteiger partial charge is 0.221 e. The van der Waals surface area contributed by atoms with Gasteiger partial charge in [0.1, 0.15) is 0 Å². The predicted molar refractivity (Wildman–Crippen MR) is 77.2 cm³/mol. The molecule has 0 aliphatic carbocycles. The minimum atomic E-state index is 0.0224. The largest absolute Gasteiger partial charge is 0.350 e. The van der Waals surface area contributed by atoms with Gasteiger partial charge in [0.15, 0.2) is 0 Å². The molecule has 0 aliphatic heterocycles. The molecule has 0 unspecified atom stereocenters. The minimum absolute atomic E-state index is 0.0224. The third kappa shape index (κ3) is 4.61. The van der Waals surface area contributed by atoms with Crippen LogP contribution in [-0.4, -0.2) is 21.9 Å². The summed E-state index contributed by atoms with van der Waals surface area (Å²) in [5, 5.41) is 10.2. The van der Waals surface area contributed by atoms with Crippen LogP contribution in [0.5, 0.6) is 0 Å². The van der Waals surface area contributed by atoms with Crippen LogP contribution in [0.3, 0.4) is 0 Å². The second-order valence-corrected chi connectivity index (χ2v) is 5.43. The predicted octanol–water partition coefficient (Wildman–Crippen LogP) is 2.86. The molecular formula is C13H14ClN3OS. The Morgan fingerprint density at radius 3 is 2.95 bits per heavy atom. The number of thioether (sulfide) groups is 1. The van der Waals surface area contributed by atoms with E-state index in [0.717, 1.165) is 15.6 Å². The summed E-state index contributed by atoms with van der Waals surface area (Å²) < 4.78 is 0. The molecule has 0 radical (unpaired) electrons. The highest BCUT2D eigenvalue weighted by Gasteiger charge is 2.04. The zero-order valence-corrected chi connectivity index (χ0v) is 11.8. The van der Waals surface area contributed by atoms with Gasteiger partial charge in [0.25, 0.3) is 0 Å². The van der Waals surface area contributed by atoms with Gasteiger partial charge in [0.05, 0.1) is 17.3 Å². The number of amides is 1. The molecule has 4 nitrogen and oxygen atoms in total. The summed E-state index contributed by atoms with van der Waals surface area (Å²) in [5.74, 6) is 0.729. The summed E-state index contributed by atoms with van der Waals surface area (Å²) in [5.41, 5.74) is 0.895. The van der Waals surface area contributed by atoms with Crippen molar-refractivity contribution in [1.29, 1.82) is 0 Å². The average Bonchev–Trinajstić information content (AvgIpc) is 2.92. The third-order valence-corrected chi connectivity index (χ3v) is 3.97. The Hall–Kier alpha value is -1.46. The first-order valence-corrected chi connectivity index (χ1v) is 7.24. The van der Waals surface area contributed by atoms with Crippen molar-refractivity contribution in [3.05, 3.63) is 47.2 Å². The first-order chi connectivity index (χ1) is 9.25. The van der Waals surface area contributed by atoms with Gasteiger partial charge in [0, 0.05) is 23.3 Å². The fraction of sp³-hybridized carbons (Fsp3) is 0.231. The Bertz CT molecular complexity index is 530. The van der Waals surface area contributed by atoms with Gasteiger partial charge in [-0.05, 0) is 18.2 Å². The number of aromatic nitrogens is 2. The van der Waals surface area contributed by atoms with E-state index in [9.17, 15) is 4.79 Å². The summed E-state index contributed by atoms with van der Waals surface area (Å²) in [4.78, 5) is 12.6. The average molecular weight is 296 g/mol. The zero-order valence-electron chi connectivity index (χ0n) is 10.2. The number of carbonyl (C=O) groups is 1. The molecule has 6 heteroatoms. The number of rotatable bonds is 6. The lowest BCUT2D eigenvalue weighted by Gasteiger charge is -2.05. The number of hydrogen-bond donors (Lipinski definition) is 2. The maximum absolute atomic E-state index is 11.6. The zero-order chi connectivity index (χ0) is 13.5. The molecule has 0 saturated carbocycles. The van der Waals surface area contributed by atoms with Crippen LogP contribution in [0.2, 0.25) is 5.02 Å². The van der Waals surface area contributed by atoms with Gasteiger partial charge in [-0.2, -0.15) is 5.10 Å². The number of halogens is 1. The molecule has 2 aromatic rings. The van der Waals surface area contributed by atoms with Crippen molar-refractivity contribution in [2.45, 2.75) is 17.9 Å². The number of carbonyl (C=O) groups excluding carboxylic acids is 1. The van der Waals surface area contributed by atoms with Gasteiger partial charge in [-0.3, -0.25) is 9.89 Å². The lowest BCUT2D eigenvalue weighted by molar-refractivity contribution is -0.120. The quantitative estimate of drug-likeness (QED) is 0.806. The number of H-pyrrole nitrogens is 1. The summed E-state index contributed by atoms with van der Waals surface area (Å²) in [7, 11) is 0. The number of nitrogens with one attached hydrogen (secondary N) is 2. The normalized spacial score (nSPS) is 10.4. The van der Waals surface area contributed by atoms with Crippen molar-refractivity contribution in [3.8, 4) is 0 Å². The summed E-state index contributed by atoms with van der Waals surface area (Å²) in [6.07, 6.45) is 2.12. The lowest BCUT2D eigenvalue weighted by atomic mass is 10.4. The van der Waals surface area contributed by atoms with Gasteiger partial charge < -0.3 is 5.32 Å². The fourth-order valence-corrected chi connectivity index (χ4v) is 2.67. The molecule has 1 aromatic heterocycles. The second-order valence-electron chi connectivity index (χ2n) is 3.89. The van der Waals surface area contributed by atoms with Crippen LogP contribution in [0.1, 0.15) is 12.1 Å². The van der Waals surface area contributed by atoms with E-state index in [0.29, 0.717) is 18.7 Å². The summed E-state index contributed by atoms with van der Waals surface area (Å²) in [6, 6.07) is 9.46. The van der Waals surface area contributed by atoms with E-state index in [-0.39, 0.29) is 5.91 Å². The molecule has 1 aromatic carbocycles. The van der Waals surface area contributed by atoms with E-state index in [4.69, 9.17) is 11.6 Å². The summed E-state index contributed by atoms with van der Waals surface area (Å²) in [6.45, 7) is 0.482. The molecule has 0 saturated heterocycles. The number of hydrogen-bond acceptors (Lipinski definition) is 3. The number of benzene rings is 1. The van der Waals surface area contributed by atoms with E-state index in [1.54, 1.807) is 18.0 Å². The molecule has 1 heterocycles. The minimum Gasteiger partial charge on any atom is -0.350 e. The van der Waals surface area contributed by atoms with E-state index >= 15 is 0 Å². The lowest BCUT2D eigenvalue weighted by Crippen LogP contribution is -2.23. The van der Waals surface area contributed by atoms with E-state index < -0.39 is 0 Å². The molecule has 100 valence electrons. The Morgan fingerprint density at radius 1 is 1.37 bits per heavy atom. The van der Waals surface area contributed by atoms with Gasteiger partial charge >= 0.3 is 0 Å². The SMILES string of the molecule is O=C(CCSc1ccccc1Cl)NCc1ccn[nH]1. The van der Waals surface area contributed by atoms with Gasteiger partial charge in [-0.15, -0.1) is 11.8 Å². The van der Waals surface area contributed by atoms with Crippen LogP contribution >= 0.6 is 23.4 Å². The monoisotopic (exact) mass is 295 g/mol. The number of nitrogens with zero attached hydrogens (tertiary/aromatic N) is 1. The van der Waals surface area contributed by atoms with Crippen molar-refractivity contribution >= 4 is 29.3 Å². The van der Waals surface area contributed by atoms with Crippen molar-refractivity contribution < 1.29 is 4.79 Å². The maximum atomic E-state index is 11.6. The first-order valence-electron chi connectivity index (χ1n) is 5.88. The van der Waals surface area contributed by atoms with Crippen LogP contribution < -0.4 is 5.32 Å². The Labute approximate surface area is 120 Å². The molecule has 0 bridgehead atoms. The standard InChI is InChI=1S/C13H14ClN3OS/c14-11-3-1-2-4-12(11)19-8-6-13(18)15-9-10-5-7-16-17-10/h1-5,7H,6,8-9H2,(H,15,18)(H,16,17). The van der Waals surface area contributed by atoms with E-state index in [1.165, 1.54) is 0 Å². The van der Waals surface area contributed by atoms with Crippen molar-refractivity contribution in [3.63, 3.8) is 0 Å². The molecule has 2 N–H and O–H groups in total. The third-order valence-electron chi connectivity index (χ3n) is 2.46. The van der Waals surface area contributed by atoms with Crippen LogP contribution in [0.15, 0.2) is 41.4 Å². The molecule has 19 heavy (non-hydrogen) atoms. The van der Waals surface area contributed by atoms with Crippen LogP contribution in [0.25, 0.3) is 0 Å². The number of aromatic amines is 1. The van der Waals surface area contributed by atoms with Crippen LogP contribution in [0.4, 0.5) is 0 Å². The molecule has 1 amide bonds. The van der Waals surface area contributed by atoms with E-state index in [1.807, 2.05) is 30.3 Å². The highest BCUT2D eigenvalue weighted by atomic mass is 35.5. The van der Waals surface area contributed by atoms with E-state index in [2.05, 4.69) is 15.5 Å². The fourth-order valence-electron chi connectivity index (χ4n) is 1.48. The van der Waals surface area contributed by atoms with Gasteiger partial charge in [-0.25, -0.2) is 0 Å². The molecule has 0 aliphatic rings. The van der Waals surface area contributed by atoms with Crippen LogP contribution in [-0.2, 0) is 11.3 Å². The van der Waals surface area contributed by atoms with Crippen molar-refractivity contribution in [2.24, 2.45) is 0 Å². The molecular weight excluding hydrogens is 282 g/mol. The Morgan fingerprint density at radius 2 is 2.21 bits per heavy atom. The van der Waals surface area contributed by atoms with Crippen molar-refractivity contribution in [2.75, 3.05) is 5.75 Å². The summed E-state index contributed by atoms with van der Waals surface area (Å²) >= 11 is 7.62. The Kier molecular flexibility index (Phi) is 5.30. The maximum Gasteiger partial charge on any atom is 0.221 e. The molecule has 0 spiro atoms. The highest BCUT2D eigenvalue weighted by molar-refractivity contribution is 7.99. The van der Waals surface area contributed by atoms with Crippen molar-refractivity contribution in [1.82, 2.24) is 15.5 Å². The topological polar surface area (TPSA) is 57.8 Å². The molecule has 0 atom stereocenters. The van der Waals surface area contributed by atoms with Crippen LogP contribution in [0, 0.1) is 0 Å². The van der Waals surface area contributed by atoms with Gasteiger partial charge in [-0.1, -0.05) is 23.7 Å². The molecule has 0 fully saturated rings. The first kappa shape index (κ1) is 14.0. The van der Waals surface area contributed by atoms with Gasteiger partial charge in [0.2, 0.25) is 5.91 Å². The molecule has 2 rings (SSSR count). The Balaban J connectivity index is 1.68.